The third kappa shape index (κ3) is 2.26. The molecule has 0 fully saturated rings. The zero-order valence-electron chi connectivity index (χ0n) is 10.2. The first kappa shape index (κ1) is 12.9. The highest BCUT2D eigenvalue weighted by molar-refractivity contribution is 6.42. The van der Waals surface area contributed by atoms with E-state index in [2.05, 4.69) is 29.7 Å². The minimum atomic E-state index is 0.0599. The van der Waals surface area contributed by atoms with Gasteiger partial charge in [0.2, 0.25) is 0 Å². The molecule has 0 saturated heterocycles. The molecule has 19 heavy (non-hydrogen) atoms. The van der Waals surface area contributed by atoms with Gasteiger partial charge in [0.1, 0.15) is 0 Å². The lowest BCUT2D eigenvalue weighted by atomic mass is 9.72. The average molecular weight is 293 g/mol. The van der Waals surface area contributed by atoms with Gasteiger partial charge >= 0.3 is 0 Å². The fourth-order valence-corrected chi connectivity index (χ4v) is 3.05. The molecule has 0 aromatic heterocycles. The molecular formula is C15H14Cl2N2. The number of hydrazine groups is 1. The molecule has 0 spiro atoms. The molecule has 0 aliphatic heterocycles. The van der Waals surface area contributed by atoms with E-state index in [9.17, 15) is 0 Å². The van der Waals surface area contributed by atoms with Gasteiger partial charge in [-0.1, -0.05) is 53.5 Å². The Hall–Kier alpha value is -1.06. The molecule has 2 aromatic rings. The summed E-state index contributed by atoms with van der Waals surface area (Å²) in [4.78, 5) is 0. The van der Waals surface area contributed by atoms with Crippen LogP contribution in [0.5, 0.6) is 0 Å². The molecule has 2 nitrogen and oxygen atoms in total. The molecule has 0 radical (unpaired) electrons. The molecule has 2 unspecified atom stereocenters. The fourth-order valence-electron chi connectivity index (χ4n) is 2.75. The number of hydrogen-bond donors (Lipinski definition) is 2. The maximum Gasteiger partial charge on any atom is 0.0595 e. The van der Waals surface area contributed by atoms with Gasteiger partial charge in [-0.05, 0) is 35.2 Å². The van der Waals surface area contributed by atoms with Crippen molar-refractivity contribution in [2.75, 3.05) is 0 Å². The van der Waals surface area contributed by atoms with Crippen molar-refractivity contribution in [3.8, 4) is 0 Å². The lowest BCUT2D eigenvalue weighted by Gasteiger charge is -2.36. The summed E-state index contributed by atoms with van der Waals surface area (Å²) in [6.07, 6.45) is 1.03. The van der Waals surface area contributed by atoms with Crippen LogP contribution in [0.2, 0.25) is 10.0 Å². The van der Waals surface area contributed by atoms with Crippen LogP contribution in [-0.4, -0.2) is 0 Å². The van der Waals surface area contributed by atoms with E-state index in [1.165, 1.54) is 11.1 Å². The van der Waals surface area contributed by atoms with E-state index in [0.717, 1.165) is 12.0 Å². The minimum Gasteiger partial charge on any atom is -0.271 e. The Kier molecular flexibility index (Phi) is 3.50. The largest absolute Gasteiger partial charge is 0.271 e. The topological polar surface area (TPSA) is 38.0 Å². The Morgan fingerprint density at radius 3 is 2.58 bits per heavy atom. The van der Waals surface area contributed by atoms with Crippen LogP contribution in [0.3, 0.4) is 0 Å². The van der Waals surface area contributed by atoms with E-state index in [1.54, 1.807) is 0 Å². The number of fused-ring (bicyclic) bond motifs is 1. The Morgan fingerprint density at radius 2 is 1.89 bits per heavy atom. The number of benzene rings is 2. The second-order valence-corrected chi connectivity index (χ2v) is 5.64. The van der Waals surface area contributed by atoms with Gasteiger partial charge in [-0.3, -0.25) is 11.3 Å². The van der Waals surface area contributed by atoms with Crippen molar-refractivity contribution in [2.24, 2.45) is 5.84 Å². The van der Waals surface area contributed by atoms with Crippen LogP contribution in [-0.2, 0) is 6.42 Å². The number of nitrogens with one attached hydrogen (secondary N) is 1. The molecule has 98 valence electrons. The fraction of sp³-hybridized carbons (Fsp3) is 0.200. The first-order valence-electron chi connectivity index (χ1n) is 6.19. The number of rotatable bonds is 3. The highest BCUT2D eigenvalue weighted by atomic mass is 35.5. The van der Waals surface area contributed by atoms with Gasteiger partial charge in [0.15, 0.2) is 0 Å². The van der Waals surface area contributed by atoms with E-state index >= 15 is 0 Å². The van der Waals surface area contributed by atoms with E-state index in [1.807, 2.05) is 18.2 Å². The second kappa shape index (κ2) is 5.14. The Balaban J connectivity index is 1.92. The second-order valence-electron chi connectivity index (χ2n) is 4.83. The van der Waals surface area contributed by atoms with E-state index < -0.39 is 0 Å². The molecule has 2 atom stereocenters. The summed E-state index contributed by atoms with van der Waals surface area (Å²) < 4.78 is 0. The summed E-state index contributed by atoms with van der Waals surface area (Å²) in [6.45, 7) is 0. The van der Waals surface area contributed by atoms with Crippen LogP contribution < -0.4 is 11.3 Å². The van der Waals surface area contributed by atoms with Crippen LogP contribution in [0.15, 0.2) is 42.5 Å². The molecule has 3 rings (SSSR count). The zero-order valence-corrected chi connectivity index (χ0v) is 11.7. The van der Waals surface area contributed by atoms with Crippen molar-refractivity contribution in [1.82, 2.24) is 5.43 Å². The van der Waals surface area contributed by atoms with Gasteiger partial charge < -0.3 is 0 Å². The SMILES string of the molecule is NNC(c1ccc(Cl)c(Cl)c1)C1Cc2ccccc21. The molecular weight excluding hydrogens is 279 g/mol. The third-order valence-electron chi connectivity index (χ3n) is 3.78. The Bertz CT molecular complexity index is 613. The van der Waals surface area contributed by atoms with Gasteiger partial charge in [-0.2, -0.15) is 0 Å². The molecule has 0 saturated carbocycles. The summed E-state index contributed by atoms with van der Waals surface area (Å²) in [6, 6.07) is 14.2. The summed E-state index contributed by atoms with van der Waals surface area (Å²) in [5, 5.41) is 1.13. The molecule has 0 heterocycles. The quantitative estimate of drug-likeness (QED) is 0.666. The standard InChI is InChI=1S/C15H14Cl2N2/c16-13-6-5-10(8-14(13)17)15(19-18)12-7-9-3-1-2-4-11(9)12/h1-6,8,12,15,19H,7,18H2. The normalized spacial score (nSPS) is 18.6. The molecule has 1 aliphatic carbocycles. The molecule has 4 heteroatoms. The van der Waals surface area contributed by atoms with Gasteiger partial charge in [-0.25, -0.2) is 0 Å². The van der Waals surface area contributed by atoms with Gasteiger partial charge in [0.05, 0.1) is 16.1 Å². The summed E-state index contributed by atoms with van der Waals surface area (Å²) in [7, 11) is 0. The first-order chi connectivity index (χ1) is 9.20. The maximum absolute atomic E-state index is 6.08. The summed E-state index contributed by atoms with van der Waals surface area (Å²) >= 11 is 12.0. The van der Waals surface area contributed by atoms with Crippen molar-refractivity contribution in [2.45, 2.75) is 18.4 Å². The van der Waals surface area contributed by atoms with Gasteiger partial charge in [0, 0.05) is 5.92 Å². The molecule has 3 N–H and O–H groups in total. The average Bonchev–Trinajstić information content (AvgIpc) is 2.39. The predicted molar refractivity (Wildman–Crippen MR) is 79.4 cm³/mol. The summed E-state index contributed by atoms with van der Waals surface area (Å²) in [5.41, 5.74) is 6.73. The zero-order chi connectivity index (χ0) is 13.4. The summed E-state index contributed by atoms with van der Waals surface area (Å²) in [5.74, 6) is 6.12. The first-order valence-corrected chi connectivity index (χ1v) is 6.95. The van der Waals surface area contributed by atoms with Crippen molar-refractivity contribution < 1.29 is 0 Å². The number of hydrogen-bond acceptors (Lipinski definition) is 2. The maximum atomic E-state index is 6.08. The predicted octanol–water partition coefficient (Wildman–Crippen LogP) is 3.84. The highest BCUT2D eigenvalue weighted by Gasteiger charge is 2.33. The van der Waals surface area contributed by atoms with Gasteiger partial charge in [-0.15, -0.1) is 0 Å². The van der Waals surface area contributed by atoms with Crippen molar-refractivity contribution >= 4 is 23.2 Å². The Labute approximate surface area is 122 Å². The van der Waals surface area contributed by atoms with Crippen molar-refractivity contribution in [1.29, 1.82) is 0 Å². The van der Waals surface area contributed by atoms with Crippen LogP contribution in [0, 0.1) is 0 Å². The van der Waals surface area contributed by atoms with Crippen LogP contribution >= 0.6 is 23.2 Å². The van der Waals surface area contributed by atoms with E-state index in [4.69, 9.17) is 29.0 Å². The smallest absolute Gasteiger partial charge is 0.0595 e. The minimum absolute atomic E-state index is 0.0599. The van der Waals surface area contributed by atoms with Crippen LogP contribution in [0.1, 0.15) is 28.7 Å². The lowest BCUT2D eigenvalue weighted by Crippen LogP contribution is -2.37. The monoisotopic (exact) mass is 292 g/mol. The molecule has 0 bridgehead atoms. The van der Waals surface area contributed by atoms with E-state index in [-0.39, 0.29) is 6.04 Å². The molecule has 2 aromatic carbocycles. The highest BCUT2D eigenvalue weighted by Crippen LogP contribution is 2.43. The van der Waals surface area contributed by atoms with Crippen LogP contribution in [0.25, 0.3) is 0 Å². The van der Waals surface area contributed by atoms with E-state index in [0.29, 0.717) is 16.0 Å². The van der Waals surface area contributed by atoms with Crippen LogP contribution in [0.4, 0.5) is 0 Å². The lowest BCUT2D eigenvalue weighted by molar-refractivity contribution is 0.419. The number of halogens is 2. The van der Waals surface area contributed by atoms with Crippen molar-refractivity contribution in [3.05, 3.63) is 69.2 Å². The van der Waals surface area contributed by atoms with Gasteiger partial charge in [0.25, 0.3) is 0 Å². The molecule has 1 aliphatic rings. The van der Waals surface area contributed by atoms with Crippen molar-refractivity contribution in [3.63, 3.8) is 0 Å². The number of nitrogens with two attached hydrogens (primary N) is 1. The molecule has 0 amide bonds. The Morgan fingerprint density at radius 1 is 1.11 bits per heavy atom. The third-order valence-corrected chi connectivity index (χ3v) is 4.52.